The maximum atomic E-state index is 7.00. The van der Waals surface area contributed by atoms with Gasteiger partial charge in [0.05, 0.1) is 0 Å². The van der Waals surface area contributed by atoms with Crippen molar-refractivity contribution in [3.63, 3.8) is 0 Å². The third-order valence-electron chi connectivity index (χ3n) is 2.99. The standard InChI is InChI=1S/C14H12.CH4O/c1-3-7-13-11(5-1)9-10-12-6-2-4-8-14(12)13;1-2/h1-8H,9-10H2;2H,1H3. The number of aliphatic hydroxyl groups excluding tert-OH is 1. The molecule has 0 amide bonds. The van der Waals surface area contributed by atoms with Gasteiger partial charge in [0, 0.05) is 7.11 Å². The Labute approximate surface area is 96.4 Å². The molecule has 0 aliphatic heterocycles. The van der Waals surface area contributed by atoms with E-state index in [1.54, 1.807) is 0 Å². The van der Waals surface area contributed by atoms with E-state index in [0.717, 1.165) is 7.11 Å². The van der Waals surface area contributed by atoms with Crippen LogP contribution in [0, 0.1) is 0 Å². The van der Waals surface area contributed by atoms with Crippen LogP contribution in [0.15, 0.2) is 48.5 Å². The Balaban J connectivity index is 0.000000457. The zero-order valence-electron chi connectivity index (χ0n) is 9.48. The van der Waals surface area contributed by atoms with Gasteiger partial charge in [-0.3, -0.25) is 0 Å². The first-order valence-corrected chi connectivity index (χ1v) is 5.56. The van der Waals surface area contributed by atoms with E-state index in [0.29, 0.717) is 0 Å². The van der Waals surface area contributed by atoms with Crippen LogP contribution < -0.4 is 0 Å². The quantitative estimate of drug-likeness (QED) is 0.711. The first kappa shape index (κ1) is 10.9. The molecule has 1 N–H and O–H groups in total. The highest BCUT2D eigenvalue weighted by molar-refractivity contribution is 5.72. The number of fused-ring (bicyclic) bond motifs is 3. The van der Waals surface area contributed by atoms with E-state index in [1.807, 2.05) is 0 Å². The monoisotopic (exact) mass is 212 g/mol. The number of hydrogen-bond acceptors (Lipinski definition) is 1. The highest BCUT2D eigenvalue weighted by Gasteiger charge is 2.13. The predicted molar refractivity (Wildman–Crippen MR) is 67.4 cm³/mol. The molecule has 0 atom stereocenters. The molecule has 1 aliphatic rings. The number of hydrogen-bond donors (Lipinski definition) is 1. The van der Waals surface area contributed by atoms with Gasteiger partial charge >= 0.3 is 0 Å². The van der Waals surface area contributed by atoms with Crippen molar-refractivity contribution in [2.75, 3.05) is 7.11 Å². The van der Waals surface area contributed by atoms with Crippen molar-refractivity contribution in [2.24, 2.45) is 0 Å². The lowest BCUT2D eigenvalue weighted by Crippen LogP contribution is -2.02. The molecular formula is C15H16O. The van der Waals surface area contributed by atoms with Crippen LogP contribution in [-0.2, 0) is 12.8 Å². The molecule has 0 saturated heterocycles. The minimum absolute atomic E-state index is 1.00. The van der Waals surface area contributed by atoms with Crippen molar-refractivity contribution in [3.05, 3.63) is 59.7 Å². The summed E-state index contributed by atoms with van der Waals surface area (Å²) in [6, 6.07) is 17.5. The van der Waals surface area contributed by atoms with Crippen LogP contribution in [0.25, 0.3) is 11.1 Å². The molecule has 2 aromatic carbocycles. The fourth-order valence-corrected chi connectivity index (χ4v) is 2.27. The number of aliphatic hydroxyl groups is 1. The third-order valence-corrected chi connectivity index (χ3v) is 2.99. The molecule has 0 saturated carbocycles. The summed E-state index contributed by atoms with van der Waals surface area (Å²) in [5, 5.41) is 7.00. The molecule has 3 rings (SSSR count). The molecule has 0 heterocycles. The van der Waals surface area contributed by atoms with Gasteiger partial charge in [0.15, 0.2) is 0 Å². The molecule has 1 heteroatoms. The second kappa shape index (κ2) is 4.95. The maximum Gasteiger partial charge on any atom is 0.0319 e. The highest BCUT2D eigenvalue weighted by atomic mass is 16.2. The normalized spacial score (nSPS) is 11.9. The molecule has 0 aromatic heterocycles. The molecule has 1 aliphatic carbocycles. The fourth-order valence-electron chi connectivity index (χ4n) is 2.27. The predicted octanol–water partition coefficient (Wildman–Crippen LogP) is 3.06. The molecule has 2 aromatic rings. The van der Waals surface area contributed by atoms with E-state index in [2.05, 4.69) is 48.5 Å². The van der Waals surface area contributed by atoms with Crippen molar-refractivity contribution >= 4 is 0 Å². The van der Waals surface area contributed by atoms with Crippen molar-refractivity contribution < 1.29 is 5.11 Å². The van der Waals surface area contributed by atoms with Crippen LogP contribution in [0.2, 0.25) is 0 Å². The van der Waals surface area contributed by atoms with Crippen LogP contribution in [0.3, 0.4) is 0 Å². The molecule has 82 valence electrons. The van der Waals surface area contributed by atoms with Crippen LogP contribution >= 0.6 is 0 Å². The van der Waals surface area contributed by atoms with Crippen molar-refractivity contribution in [1.82, 2.24) is 0 Å². The first-order valence-electron chi connectivity index (χ1n) is 5.56. The van der Waals surface area contributed by atoms with E-state index in [9.17, 15) is 0 Å². The largest absolute Gasteiger partial charge is 0.400 e. The van der Waals surface area contributed by atoms with Crippen LogP contribution in [0.4, 0.5) is 0 Å². The Kier molecular flexibility index (Phi) is 3.37. The minimum Gasteiger partial charge on any atom is -0.400 e. The zero-order chi connectivity index (χ0) is 11.4. The van der Waals surface area contributed by atoms with Crippen molar-refractivity contribution in [1.29, 1.82) is 0 Å². The lowest BCUT2D eigenvalue weighted by Gasteiger charge is -2.19. The van der Waals surface area contributed by atoms with Crippen LogP contribution in [-0.4, -0.2) is 12.2 Å². The van der Waals surface area contributed by atoms with Crippen molar-refractivity contribution in [2.45, 2.75) is 12.8 Å². The molecule has 0 radical (unpaired) electrons. The van der Waals surface area contributed by atoms with Gasteiger partial charge in [0.1, 0.15) is 0 Å². The topological polar surface area (TPSA) is 20.2 Å². The summed E-state index contributed by atoms with van der Waals surface area (Å²) in [6.07, 6.45) is 2.38. The van der Waals surface area contributed by atoms with Gasteiger partial charge in [-0.05, 0) is 35.1 Å². The minimum atomic E-state index is 1.00. The Morgan fingerprint density at radius 1 is 0.688 bits per heavy atom. The van der Waals surface area contributed by atoms with Gasteiger partial charge in [-0.1, -0.05) is 48.5 Å². The van der Waals surface area contributed by atoms with Crippen molar-refractivity contribution in [3.8, 4) is 11.1 Å². The van der Waals surface area contributed by atoms with Gasteiger partial charge in [-0.25, -0.2) is 0 Å². The lowest BCUT2D eigenvalue weighted by atomic mass is 9.86. The first-order chi connectivity index (χ1) is 7.95. The highest BCUT2D eigenvalue weighted by Crippen LogP contribution is 2.32. The summed E-state index contributed by atoms with van der Waals surface area (Å²) in [7, 11) is 1.00. The summed E-state index contributed by atoms with van der Waals surface area (Å²) >= 11 is 0. The van der Waals surface area contributed by atoms with E-state index in [1.165, 1.54) is 35.1 Å². The fraction of sp³-hybridized carbons (Fsp3) is 0.200. The molecule has 0 unspecified atom stereocenters. The van der Waals surface area contributed by atoms with Crippen LogP contribution in [0.5, 0.6) is 0 Å². The Morgan fingerprint density at radius 2 is 1.06 bits per heavy atom. The second-order valence-corrected chi connectivity index (χ2v) is 3.81. The average Bonchev–Trinajstić information content (AvgIpc) is 2.41. The summed E-state index contributed by atoms with van der Waals surface area (Å²) in [5.41, 5.74) is 5.83. The van der Waals surface area contributed by atoms with E-state index >= 15 is 0 Å². The van der Waals surface area contributed by atoms with Crippen LogP contribution in [0.1, 0.15) is 11.1 Å². The van der Waals surface area contributed by atoms with Gasteiger partial charge in [-0.2, -0.15) is 0 Å². The van der Waals surface area contributed by atoms with Gasteiger partial charge < -0.3 is 5.11 Å². The molecular weight excluding hydrogens is 196 g/mol. The Morgan fingerprint density at radius 3 is 1.50 bits per heavy atom. The molecule has 0 fully saturated rings. The lowest BCUT2D eigenvalue weighted by molar-refractivity contribution is 0.399. The SMILES string of the molecule is CO.c1ccc2c(c1)CCc1ccccc1-2. The van der Waals surface area contributed by atoms with Gasteiger partial charge in [0.2, 0.25) is 0 Å². The average molecular weight is 212 g/mol. The second-order valence-electron chi connectivity index (χ2n) is 3.81. The maximum absolute atomic E-state index is 7.00. The van der Waals surface area contributed by atoms with E-state index in [4.69, 9.17) is 5.11 Å². The van der Waals surface area contributed by atoms with Gasteiger partial charge in [-0.15, -0.1) is 0 Å². The summed E-state index contributed by atoms with van der Waals surface area (Å²) in [5.74, 6) is 0. The third kappa shape index (κ3) is 1.86. The number of benzene rings is 2. The number of aryl methyl sites for hydroxylation is 2. The smallest absolute Gasteiger partial charge is 0.0319 e. The molecule has 16 heavy (non-hydrogen) atoms. The summed E-state index contributed by atoms with van der Waals surface area (Å²) in [6.45, 7) is 0. The Bertz CT molecular complexity index is 429. The molecule has 1 nitrogen and oxygen atoms in total. The summed E-state index contributed by atoms with van der Waals surface area (Å²) < 4.78 is 0. The zero-order valence-corrected chi connectivity index (χ0v) is 9.48. The van der Waals surface area contributed by atoms with Gasteiger partial charge in [0.25, 0.3) is 0 Å². The molecule has 0 bridgehead atoms. The van der Waals surface area contributed by atoms with E-state index < -0.39 is 0 Å². The number of rotatable bonds is 0. The molecule has 0 spiro atoms. The van der Waals surface area contributed by atoms with E-state index in [-0.39, 0.29) is 0 Å². The Hall–Kier alpha value is -1.60. The summed E-state index contributed by atoms with van der Waals surface area (Å²) in [4.78, 5) is 0.